The van der Waals surface area contributed by atoms with Crippen molar-refractivity contribution in [2.45, 2.75) is 96.2 Å². The fraction of sp³-hybridized carbons (Fsp3) is 0.941. The van der Waals surface area contributed by atoms with E-state index in [1.165, 1.54) is 44.9 Å². The minimum Gasteiger partial charge on any atom is -0.394 e. The molecule has 0 saturated heterocycles. The van der Waals surface area contributed by atoms with E-state index in [9.17, 15) is 14.5 Å². The molecule has 0 radical (unpaired) electrons. The van der Waals surface area contributed by atoms with E-state index in [1.54, 1.807) is 0 Å². The van der Waals surface area contributed by atoms with E-state index in [2.05, 4.69) is 11.4 Å². The Labute approximate surface area is 151 Å². The number of aliphatic hydroxyl groups is 2. The molecule has 0 heterocycles. The number of carbonyl (C=O) groups excluding carboxylic acids is 1. The zero-order chi connectivity index (χ0) is 19.1. The number of phosphoric acid groups is 1. The highest BCUT2D eigenvalue weighted by atomic mass is 31.2. The molecule has 7 nitrogen and oxygen atoms in total. The second-order valence-corrected chi connectivity index (χ2v) is 7.71. The Balaban J connectivity index is 3.80. The van der Waals surface area contributed by atoms with Crippen molar-refractivity contribution in [3.05, 3.63) is 0 Å². The van der Waals surface area contributed by atoms with Crippen molar-refractivity contribution >= 4 is 13.6 Å². The lowest BCUT2D eigenvalue weighted by Crippen LogP contribution is -2.38. The third-order valence-corrected chi connectivity index (χ3v) is 4.63. The standard InChI is InChI=1S/C17H35O7P/c1-2-3-4-5-6-7-8-9-10-11-12-13-15(19)17(16(20)14-18)24-25(21,22)23/h16-18,20H,2-14H2,1H3,(H2,21,22,23). The number of ketones is 1. The van der Waals surface area contributed by atoms with Crippen LogP contribution < -0.4 is 0 Å². The number of rotatable bonds is 17. The van der Waals surface area contributed by atoms with Crippen molar-refractivity contribution in [1.29, 1.82) is 0 Å². The highest BCUT2D eigenvalue weighted by Crippen LogP contribution is 2.38. The lowest BCUT2D eigenvalue weighted by molar-refractivity contribution is -0.133. The maximum atomic E-state index is 11.9. The van der Waals surface area contributed by atoms with Crippen LogP contribution in [0.4, 0.5) is 0 Å². The number of Topliss-reactive ketones (excluding diaryl/α,β-unsaturated/α-hetero) is 1. The molecule has 0 spiro atoms. The first-order valence-electron chi connectivity index (χ1n) is 9.37. The lowest BCUT2D eigenvalue weighted by atomic mass is 10.0. The van der Waals surface area contributed by atoms with E-state index in [-0.39, 0.29) is 6.42 Å². The maximum absolute atomic E-state index is 11.9. The molecule has 0 bridgehead atoms. The first-order chi connectivity index (χ1) is 11.8. The summed E-state index contributed by atoms with van der Waals surface area (Å²) in [6.45, 7) is 1.41. The second-order valence-electron chi connectivity index (χ2n) is 6.52. The number of carbonyl (C=O) groups is 1. The zero-order valence-electron chi connectivity index (χ0n) is 15.3. The van der Waals surface area contributed by atoms with Gasteiger partial charge >= 0.3 is 7.82 Å². The highest BCUT2D eigenvalue weighted by molar-refractivity contribution is 7.46. The SMILES string of the molecule is CCCCCCCCCCCCCC(=O)C(OP(=O)(O)O)C(O)CO. The maximum Gasteiger partial charge on any atom is 0.470 e. The molecule has 0 amide bonds. The largest absolute Gasteiger partial charge is 0.470 e. The summed E-state index contributed by atoms with van der Waals surface area (Å²) in [7, 11) is -4.90. The van der Waals surface area contributed by atoms with E-state index in [4.69, 9.17) is 14.9 Å². The molecule has 2 atom stereocenters. The number of unbranched alkanes of at least 4 members (excludes halogenated alkanes) is 10. The van der Waals surface area contributed by atoms with Gasteiger partial charge in [-0.05, 0) is 6.42 Å². The number of hydrogen-bond donors (Lipinski definition) is 4. The van der Waals surface area contributed by atoms with E-state index in [1.807, 2.05) is 0 Å². The summed E-state index contributed by atoms with van der Waals surface area (Å²) < 4.78 is 15.2. The van der Waals surface area contributed by atoms with E-state index < -0.39 is 32.4 Å². The summed E-state index contributed by atoms with van der Waals surface area (Å²) in [4.78, 5) is 29.5. The molecule has 2 unspecified atom stereocenters. The van der Waals surface area contributed by atoms with E-state index in [0.29, 0.717) is 6.42 Å². The molecule has 0 aliphatic heterocycles. The van der Waals surface area contributed by atoms with Gasteiger partial charge in [-0.1, -0.05) is 71.1 Å². The van der Waals surface area contributed by atoms with Crippen LogP contribution in [0.15, 0.2) is 0 Å². The minimum atomic E-state index is -4.90. The fourth-order valence-corrected chi connectivity index (χ4v) is 3.25. The Morgan fingerprint density at radius 1 is 0.920 bits per heavy atom. The van der Waals surface area contributed by atoms with Crippen LogP contribution in [0.2, 0.25) is 0 Å². The van der Waals surface area contributed by atoms with Crippen molar-refractivity contribution in [2.75, 3.05) is 6.61 Å². The molecule has 0 aromatic carbocycles. The monoisotopic (exact) mass is 382 g/mol. The van der Waals surface area contributed by atoms with Crippen LogP contribution in [0.1, 0.15) is 84.0 Å². The van der Waals surface area contributed by atoms with Gasteiger partial charge in [-0.15, -0.1) is 0 Å². The Morgan fingerprint density at radius 2 is 1.36 bits per heavy atom. The summed E-state index contributed by atoms with van der Waals surface area (Å²) in [5.41, 5.74) is 0. The second kappa shape index (κ2) is 14.8. The molecular formula is C17H35O7P. The molecule has 0 aliphatic rings. The summed E-state index contributed by atoms with van der Waals surface area (Å²) in [5, 5.41) is 18.4. The van der Waals surface area contributed by atoms with Crippen molar-refractivity contribution < 1.29 is 33.9 Å². The van der Waals surface area contributed by atoms with Gasteiger partial charge in [0.15, 0.2) is 11.9 Å². The Bertz CT molecular complexity index is 383. The molecule has 25 heavy (non-hydrogen) atoms. The van der Waals surface area contributed by atoms with Gasteiger partial charge in [0.25, 0.3) is 0 Å². The molecule has 0 aliphatic carbocycles. The van der Waals surface area contributed by atoms with Crippen molar-refractivity contribution in [3.8, 4) is 0 Å². The molecule has 0 rings (SSSR count). The van der Waals surface area contributed by atoms with Gasteiger partial charge in [-0.3, -0.25) is 9.32 Å². The summed E-state index contributed by atoms with van der Waals surface area (Å²) >= 11 is 0. The van der Waals surface area contributed by atoms with E-state index >= 15 is 0 Å². The fourth-order valence-electron chi connectivity index (χ4n) is 2.69. The predicted octanol–water partition coefficient (Wildman–Crippen LogP) is 3.09. The van der Waals surface area contributed by atoms with Crippen LogP contribution in [0.5, 0.6) is 0 Å². The highest BCUT2D eigenvalue weighted by Gasteiger charge is 2.33. The number of hydrogen-bond acceptors (Lipinski definition) is 5. The van der Waals surface area contributed by atoms with Crippen LogP contribution in [-0.2, 0) is 13.9 Å². The number of aliphatic hydroxyl groups excluding tert-OH is 2. The molecule has 0 saturated carbocycles. The van der Waals surface area contributed by atoms with Gasteiger partial charge in [0.1, 0.15) is 6.10 Å². The van der Waals surface area contributed by atoms with Crippen molar-refractivity contribution in [1.82, 2.24) is 0 Å². The predicted molar refractivity (Wildman–Crippen MR) is 96.1 cm³/mol. The van der Waals surface area contributed by atoms with Gasteiger partial charge in [-0.25, -0.2) is 4.57 Å². The summed E-state index contributed by atoms with van der Waals surface area (Å²) in [6.07, 6.45) is 9.19. The minimum absolute atomic E-state index is 0.0682. The van der Waals surface area contributed by atoms with Crippen molar-refractivity contribution in [2.24, 2.45) is 0 Å². The molecule has 0 fully saturated rings. The molecule has 4 N–H and O–H groups in total. The van der Waals surface area contributed by atoms with Gasteiger partial charge in [0.2, 0.25) is 0 Å². The average Bonchev–Trinajstić information content (AvgIpc) is 2.55. The van der Waals surface area contributed by atoms with Crippen LogP contribution in [0, 0.1) is 0 Å². The smallest absolute Gasteiger partial charge is 0.394 e. The molecule has 8 heteroatoms. The normalized spacial score (nSPS) is 14.4. The topological polar surface area (TPSA) is 124 Å². The first-order valence-corrected chi connectivity index (χ1v) is 10.9. The zero-order valence-corrected chi connectivity index (χ0v) is 16.2. The first kappa shape index (κ1) is 24.7. The van der Waals surface area contributed by atoms with Crippen LogP contribution >= 0.6 is 7.82 Å². The Kier molecular flexibility index (Phi) is 14.6. The van der Waals surface area contributed by atoms with Crippen LogP contribution in [-0.4, -0.2) is 44.6 Å². The number of phosphoric ester groups is 1. The van der Waals surface area contributed by atoms with Gasteiger partial charge < -0.3 is 20.0 Å². The Hall–Kier alpha value is -0.300. The van der Waals surface area contributed by atoms with Crippen LogP contribution in [0.25, 0.3) is 0 Å². The third-order valence-electron chi connectivity index (χ3n) is 4.13. The molecular weight excluding hydrogens is 347 g/mol. The van der Waals surface area contributed by atoms with Crippen LogP contribution in [0.3, 0.4) is 0 Å². The quantitative estimate of drug-likeness (QED) is 0.225. The van der Waals surface area contributed by atoms with Crippen molar-refractivity contribution in [3.63, 3.8) is 0 Å². The summed E-state index contributed by atoms with van der Waals surface area (Å²) in [5.74, 6) is -0.596. The molecule has 0 aromatic heterocycles. The van der Waals surface area contributed by atoms with Gasteiger partial charge in [0, 0.05) is 6.42 Å². The Morgan fingerprint density at radius 3 is 1.76 bits per heavy atom. The molecule has 0 aromatic rings. The van der Waals surface area contributed by atoms with Gasteiger partial charge in [-0.2, -0.15) is 0 Å². The summed E-state index contributed by atoms with van der Waals surface area (Å²) in [6, 6.07) is 0. The lowest BCUT2D eigenvalue weighted by Gasteiger charge is -2.20. The van der Waals surface area contributed by atoms with E-state index in [0.717, 1.165) is 19.3 Å². The van der Waals surface area contributed by atoms with Gasteiger partial charge in [0.05, 0.1) is 6.61 Å². The average molecular weight is 382 g/mol. The third kappa shape index (κ3) is 14.5. The molecule has 150 valence electrons.